The van der Waals surface area contributed by atoms with Gasteiger partial charge in [0.15, 0.2) is 11.5 Å². The van der Waals surface area contributed by atoms with Crippen LogP contribution in [0.4, 0.5) is 0 Å². The van der Waals surface area contributed by atoms with Crippen LogP contribution in [0.25, 0.3) is 0 Å². The van der Waals surface area contributed by atoms with Crippen molar-refractivity contribution in [2.45, 2.75) is 30.2 Å². The minimum absolute atomic E-state index is 0.102. The quantitative estimate of drug-likeness (QED) is 0.699. The number of hydrogen-bond donors (Lipinski definition) is 1. The van der Waals surface area contributed by atoms with E-state index in [1.54, 1.807) is 13.2 Å². The maximum absolute atomic E-state index is 13.2. The molecule has 1 saturated heterocycles. The molecule has 4 rings (SSSR count). The minimum atomic E-state index is -3.84. The Morgan fingerprint density at radius 1 is 1.16 bits per heavy atom. The maximum Gasteiger partial charge on any atom is 0.243 e. The minimum Gasteiger partial charge on any atom is -0.496 e. The number of sulfonamides is 1. The van der Waals surface area contributed by atoms with Crippen LogP contribution >= 0.6 is 0 Å². The van der Waals surface area contributed by atoms with Gasteiger partial charge in [0.2, 0.25) is 15.9 Å². The molecule has 31 heavy (non-hydrogen) atoms. The molecular weight excluding hydrogens is 420 g/mol. The van der Waals surface area contributed by atoms with Crippen LogP contribution in [0.15, 0.2) is 47.4 Å². The average Bonchev–Trinajstić information content (AvgIpc) is 3.30. The SMILES string of the molecule is COc1ccccc1CCNC(=O)C1CCCN1S(=O)(=O)c1ccc2c(c1)OCCO2. The number of fused-ring (bicyclic) bond motifs is 1. The number of benzene rings is 2. The second-order valence-corrected chi connectivity index (χ2v) is 9.32. The van der Waals surface area contributed by atoms with E-state index in [0.29, 0.717) is 57.1 Å². The van der Waals surface area contributed by atoms with Gasteiger partial charge in [0.1, 0.15) is 25.0 Å². The second-order valence-electron chi connectivity index (χ2n) is 7.43. The number of carbonyl (C=O) groups excluding carboxylic acids is 1. The molecule has 2 aliphatic rings. The van der Waals surface area contributed by atoms with E-state index in [2.05, 4.69) is 5.32 Å². The van der Waals surface area contributed by atoms with Crippen molar-refractivity contribution < 1.29 is 27.4 Å². The molecule has 8 nitrogen and oxygen atoms in total. The standard InChI is InChI=1S/C22H26N2O6S/c1-28-19-7-3-2-5-16(19)10-11-23-22(25)18-6-4-12-24(18)31(26,27)17-8-9-20-21(15-17)30-14-13-29-20/h2-3,5,7-9,15,18H,4,6,10-14H2,1H3,(H,23,25). The molecule has 1 unspecified atom stereocenters. The molecule has 0 saturated carbocycles. The van der Waals surface area contributed by atoms with E-state index < -0.39 is 16.1 Å². The van der Waals surface area contributed by atoms with Gasteiger partial charge in [0.05, 0.1) is 12.0 Å². The molecule has 166 valence electrons. The highest BCUT2D eigenvalue weighted by Gasteiger charge is 2.39. The molecule has 1 N–H and O–H groups in total. The van der Waals surface area contributed by atoms with Crippen molar-refractivity contribution in [1.82, 2.24) is 9.62 Å². The summed E-state index contributed by atoms with van der Waals surface area (Å²) in [6.45, 7) is 1.51. The Balaban J connectivity index is 1.43. The van der Waals surface area contributed by atoms with E-state index in [1.165, 1.54) is 16.4 Å². The van der Waals surface area contributed by atoms with Crippen LogP contribution in [0, 0.1) is 0 Å². The number of ether oxygens (including phenoxy) is 3. The van der Waals surface area contributed by atoms with Crippen molar-refractivity contribution in [3.8, 4) is 17.2 Å². The number of nitrogens with one attached hydrogen (secondary N) is 1. The van der Waals surface area contributed by atoms with Crippen LogP contribution in [0.5, 0.6) is 17.2 Å². The molecule has 1 amide bonds. The molecule has 0 aromatic heterocycles. The summed E-state index contributed by atoms with van der Waals surface area (Å²) in [6, 6.07) is 11.5. The van der Waals surface area contributed by atoms with Crippen LogP contribution < -0.4 is 19.5 Å². The van der Waals surface area contributed by atoms with Crippen molar-refractivity contribution in [2.24, 2.45) is 0 Å². The molecule has 0 radical (unpaired) electrons. The number of methoxy groups -OCH3 is 1. The zero-order valence-corrected chi connectivity index (χ0v) is 18.2. The number of nitrogens with zero attached hydrogens (tertiary/aromatic N) is 1. The van der Waals surface area contributed by atoms with Gasteiger partial charge in [0.25, 0.3) is 0 Å². The monoisotopic (exact) mass is 446 g/mol. The molecule has 1 fully saturated rings. The molecule has 2 aromatic rings. The van der Waals surface area contributed by atoms with Crippen molar-refractivity contribution in [1.29, 1.82) is 0 Å². The van der Waals surface area contributed by atoms with Crippen molar-refractivity contribution in [3.63, 3.8) is 0 Å². The third-order valence-corrected chi connectivity index (χ3v) is 7.42. The van der Waals surface area contributed by atoms with Crippen LogP contribution in [-0.2, 0) is 21.2 Å². The van der Waals surface area contributed by atoms with E-state index in [-0.39, 0.29) is 10.8 Å². The summed E-state index contributed by atoms with van der Waals surface area (Å²) in [5.41, 5.74) is 0.984. The van der Waals surface area contributed by atoms with Gasteiger partial charge in [-0.05, 0) is 43.0 Å². The average molecular weight is 447 g/mol. The molecule has 0 bridgehead atoms. The fourth-order valence-corrected chi connectivity index (χ4v) is 5.63. The molecule has 2 heterocycles. The van der Waals surface area contributed by atoms with Gasteiger partial charge in [-0.2, -0.15) is 4.31 Å². The smallest absolute Gasteiger partial charge is 0.243 e. The lowest BCUT2D eigenvalue weighted by Crippen LogP contribution is -2.46. The van der Waals surface area contributed by atoms with Crippen molar-refractivity contribution >= 4 is 15.9 Å². The molecule has 2 aliphatic heterocycles. The molecule has 1 atom stereocenters. The fourth-order valence-electron chi connectivity index (χ4n) is 3.96. The Morgan fingerprint density at radius 2 is 1.94 bits per heavy atom. The van der Waals surface area contributed by atoms with Crippen LogP contribution in [0.3, 0.4) is 0 Å². The van der Waals surface area contributed by atoms with E-state index in [0.717, 1.165) is 11.3 Å². The van der Waals surface area contributed by atoms with Gasteiger partial charge in [0, 0.05) is 19.2 Å². The summed E-state index contributed by atoms with van der Waals surface area (Å²) in [5.74, 6) is 1.41. The largest absolute Gasteiger partial charge is 0.496 e. The van der Waals surface area contributed by atoms with Gasteiger partial charge in [-0.1, -0.05) is 18.2 Å². The van der Waals surface area contributed by atoms with Crippen LogP contribution in [0.1, 0.15) is 18.4 Å². The van der Waals surface area contributed by atoms with Crippen molar-refractivity contribution in [2.75, 3.05) is 33.4 Å². The second kappa shape index (κ2) is 9.15. The first-order valence-corrected chi connectivity index (χ1v) is 11.8. The first-order chi connectivity index (χ1) is 15.0. The summed E-state index contributed by atoms with van der Waals surface area (Å²) in [6.07, 6.45) is 1.72. The van der Waals surface area contributed by atoms with E-state index in [9.17, 15) is 13.2 Å². The highest BCUT2D eigenvalue weighted by atomic mass is 32.2. The molecular formula is C22H26N2O6S. The first-order valence-electron chi connectivity index (χ1n) is 10.3. The maximum atomic E-state index is 13.2. The van der Waals surface area contributed by atoms with E-state index in [4.69, 9.17) is 14.2 Å². The predicted molar refractivity (Wildman–Crippen MR) is 114 cm³/mol. The van der Waals surface area contributed by atoms with Gasteiger partial charge in [-0.15, -0.1) is 0 Å². The Morgan fingerprint density at radius 3 is 2.74 bits per heavy atom. The van der Waals surface area contributed by atoms with Crippen LogP contribution in [0.2, 0.25) is 0 Å². The lowest BCUT2D eigenvalue weighted by molar-refractivity contribution is -0.124. The Hall–Kier alpha value is -2.78. The molecule has 2 aromatic carbocycles. The Kier molecular flexibility index (Phi) is 6.33. The third kappa shape index (κ3) is 4.47. The first kappa shape index (κ1) is 21.5. The van der Waals surface area contributed by atoms with Gasteiger partial charge < -0.3 is 19.5 Å². The van der Waals surface area contributed by atoms with Crippen LogP contribution in [-0.4, -0.2) is 58.1 Å². The Bertz CT molecular complexity index is 1060. The lowest BCUT2D eigenvalue weighted by atomic mass is 10.1. The van der Waals surface area contributed by atoms with Gasteiger partial charge >= 0.3 is 0 Å². The normalized spacial score (nSPS) is 18.5. The highest BCUT2D eigenvalue weighted by Crippen LogP contribution is 2.34. The van der Waals surface area contributed by atoms with Gasteiger partial charge in [-0.25, -0.2) is 8.42 Å². The zero-order chi connectivity index (χ0) is 21.8. The van der Waals surface area contributed by atoms with Gasteiger partial charge in [-0.3, -0.25) is 4.79 Å². The number of amides is 1. The van der Waals surface area contributed by atoms with E-state index >= 15 is 0 Å². The molecule has 9 heteroatoms. The summed E-state index contributed by atoms with van der Waals surface area (Å²) in [4.78, 5) is 12.9. The summed E-state index contributed by atoms with van der Waals surface area (Å²) >= 11 is 0. The third-order valence-electron chi connectivity index (χ3n) is 5.51. The Labute approximate surface area is 182 Å². The zero-order valence-electron chi connectivity index (χ0n) is 17.4. The summed E-state index contributed by atoms with van der Waals surface area (Å²) < 4.78 is 44.1. The number of para-hydroxylation sites is 1. The summed E-state index contributed by atoms with van der Waals surface area (Å²) in [5, 5.41) is 2.88. The summed E-state index contributed by atoms with van der Waals surface area (Å²) in [7, 11) is -2.23. The van der Waals surface area contributed by atoms with E-state index in [1.807, 2.05) is 24.3 Å². The molecule has 0 aliphatic carbocycles. The number of rotatable bonds is 7. The topological polar surface area (TPSA) is 94.2 Å². The van der Waals surface area contributed by atoms with Crippen molar-refractivity contribution in [3.05, 3.63) is 48.0 Å². The fraction of sp³-hybridized carbons (Fsp3) is 0.409. The molecule has 0 spiro atoms. The highest BCUT2D eigenvalue weighted by molar-refractivity contribution is 7.89. The number of hydrogen-bond acceptors (Lipinski definition) is 6. The number of carbonyl (C=O) groups is 1. The lowest BCUT2D eigenvalue weighted by Gasteiger charge is -2.24. The predicted octanol–water partition coefficient (Wildman–Crippen LogP) is 1.98.